The highest BCUT2D eigenvalue weighted by molar-refractivity contribution is 9.11. The number of carbonyl (C=O) groups is 1. The number of hydrogen-bond donors (Lipinski definition) is 2. The molecule has 0 spiro atoms. The van der Waals surface area contributed by atoms with Crippen molar-refractivity contribution in [1.29, 1.82) is 0 Å². The van der Waals surface area contributed by atoms with Gasteiger partial charge in [0, 0.05) is 14.9 Å². The molecule has 1 aliphatic heterocycles. The van der Waals surface area contributed by atoms with E-state index in [4.69, 9.17) is 4.74 Å². The quantitative estimate of drug-likeness (QED) is 0.605. The first-order chi connectivity index (χ1) is 8.95. The molecule has 4 nitrogen and oxygen atoms in total. The second kappa shape index (κ2) is 5.96. The highest BCUT2D eigenvalue weighted by Crippen LogP contribution is 2.31. The minimum absolute atomic E-state index is 0.173. The van der Waals surface area contributed by atoms with Crippen LogP contribution in [0.2, 0.25) is 0 Å². The number of nitrogens with one attached hydrogen (secondary N) is 1. The van der Waals surface area contributed by atoms with Crippen LogP contribution < -0.4 is 5.32 Å². The van der Waals surface area contributed by atoms with Gasteiger partial charge in [-0.15, -0.1) is 0 Å². The van der Waals surface area contributed by atoms with Crippen LogP contribution in [0.25, 0.3) is 0 Å². The fourth-order valence-electron chi connectivity index (χ4n) is 1.93. The molecule has 0 aliphatic carbocycles. The first kappa shape index (κ1) is 14.4. The maximum absolute atomic E-state index is 11.4. The summed E-state index contributed by atoms with van der Waals surface area (Å²) in [4.78, 5) is 11.4. The smallest absolute Gasteiger partial charge is 0.308 e. The summed E-state index contributed by atoms with van der Waals surface area (Å²) in [5.41, 5.74) is 0.830. The molecule has 0 aromatic heterocycles. The Kier molecular flexibility index (Phi) is 4.52. The molecule has 1 aliphatic rings. The van der Waals surface area contributed by atoms with Crippen LogP contribution in [0.3, 0.4) is 0 Å². The Hall–Kier alpha value is -1.01. The topological polar surface area (TPSA) is 58.6 Å². The number of aliphatic hydroxyl groups is 1. The van der Waals surface area contributed by atoms with E-state index < -0.39 is 6.23 Å². The molecule has 0 radical (unpaired) electrons. The monoisotopic (exact) mass is 389 g/mol. The van der Waals surface area contributed by atoms with Crippen LogP contribution in [0.15, 0.2) is 39.0 Å². The zero-order valence-corrected chi connectivity index (χ0v) is 13.4. The molecule has 1 aromatic carbocycles. The molecule has 2 N–H and O–H groups in total. The Balaban J connectivity index is 2.16. The van der Waals surface area contributed by atoms with Crippen molar-refractivity contribution in [1.82, 2.24) is 0 Å². The van der Waals surface area contributed by atoms with Crippen molar-refractivity contribution in [2.24, 2.45) is 5.92 Å². The third-order valence-corrected chi connectivity index (χ3v) is 3.88. The maximum atomic E-state index is 11.4. The van der Waals surface area contributed by atoms with Gasteiger partial charge in [0.05, 0.1) is 17.9 Å². The summed E-state index contributed by atoms with van der Waals surface area (Å²) in [6.07, 6.45) is 1.44. The van der Waals surface area contributed by atoms with Gasteiger partial charge in [0.15, 0.2) is 6.23 Å². The van der Waals surface area contributed by atoms with Crippen molar-refractivity contribution < 1.29 is 14.6 Å². The van der Waals surface area contributed by atoms with E-state index >= 15 is 0 Å². The normalized spacial score (nSPS) is 23.3. The lowest BCUT2D eigenvalue weighted by atomic mass is 10.0. The number of aliphatic hydroxyl groups excluding tert-OH is 1. The minimum Gasteiger partial charge on any atom is -0.513 e. The second-order valence-corrected chi connectivity index (χ2v) is 6.13. The van der Waals surface area contributed by atoms with Crippen LogP contribution in [0.4, 0.5) is 5.69 Å². The molecule has 6 heteroatoms. The van der Waals surface area contributed by atoms with Crippen LogP contribution in [0.1, 0.15) is 13.3 Å². The van der Waals surface area contributed by atoms with Gasteiger partial charge in [-0.3, -0.25) is 4.79 Å². The predicted molar refractivity (Wildman–Crippen MR) is 79.8 cm³/mol. The average molecular weight is 391 g/mol. The minimum atomic E-state index is -0.466. The molecule has 1 saturated heterocycles. The number of carbonyl (C=O) groups excluding carboxylic acids is 1. The largest absolute Gasteiger partial charge is 0.513 e. The van der Waals surface area contributed by atoms with Gasteiger partial charge in [-0.1, -0.05) is 15.9 Å². The first-order valence-corrected chi connectivity index (χ1v) is 7.33. The van der Waals surface area contributed by atoms with E-state index in [1.165, 1.54) is 0 Å². The molecule has 2 unspecified atom stereocenters. The number of hydrogen-bond acceptors (Lipinski definition) is 4. The van der Waals surface area contributed by atoms with Crippen molar-refractivity contribution in [3.63, 3.8) is 0 Å². The summed E-state index contributed by atoms with van der Waals surface area (Å²) in [6, 6.07) is 5.68. The number of anilines is 1. The van der Waals surface area contributed by atoms with Crippen LogP contribution in [-0.2, 0) is 9.53 Å². The van der Waals surface area contributed by atoms with E-state index in [1.807, 2.05) is 18.2 Å². The van der Waals surface area contributed by atoms with E-state index in [0.29, 0.717) is 0 Å². The van der Waals surface area contributed by atoms with Crippen LogP contribution in [-0.4, -0.2) is 17.3 Å². The number of ether oxygens (including phenoxy) is 1. The van der Waals surface area contributed by atoms with Gasteiger partial charge >= 0.3 is 5.97 Å². The molecule has 1 heterocycles. The van der Waals surface area contributed by atoms with Crippen LogP contribution in [0, 0.1) is 5.92 Å². The SMILES string of the molecule is C/C(O)=C/C1CC(=O)OC1Nc1ccc(Br)cc1Br. The number of allylic oxidation sites excluding steroid dienone is 1. The van der Waals surface area contributed by atoms with Crippen molar-refractivity contribution in [2.45, 2.75) is 19.6 Å². The van der Waals surface area contributed by atoms with Gasteiger partial charge in [0.25, 0.3) is 0 Å². The first-order valence-electron chi connectivity index (χ1n) is 5.74. The van der Waals surface area contributed by atoms with E-state index in [9.17, 15) is 9.90 Å². The Morgan fingerprint density at radius 2 is 2.26 bits per heavy atom. The molecular formula is C13H13Br2NO3. The van der Waals surface area contributed by atoms with Gasteiger partial charge in [-0.25, -0.2) is 0 Å². The molecule has 19 heavy (non-hydrogen) atoms. The third kappa shape index (κ3) is 3.73. The summed E-state index contributed by atoms with van der Waals surface area (Å²) < 4.78 is 7.05. The van der Waals surface area contributed by atoms with E-state index in [2.05, 4.69) is 37.2 Å². The average Bonchev–Trinajstić information content (AvgIpc) is 2.62. The molecule has 0 bridgehead atoms. The Morgan fingerprint density at radius 1 is 1.53 bits per heavy atom. The van der Waals surface area contributed by atoms with Crippen molar-refractivity contribution in [3.05, 3.63) is 39.0 Å². The summed E-state index contributed by atoms with van der Waals surface area (Å²) >= 11 is 6.82. The molecule has 1 aromatic rings. The van der Waals surface area contributed by atoms with Crippen LogP contribution in [0.5, 0.6) is 0 Å². The van der Waals surface area contributed by atoms with E-state index in [-0.39, 0.29) is 24.1 Å². The van der Waals surface area contributed by atoms with Gasteiger partial charge in [-0.2, -0.15) is 0 Å². The standard InChI is InChI=1S/C13H13Br2NO3/c1-7(17)4-8-5-12(18)19-13(8)16-11-3-2-9(14)6-10(11)15/h2-4,6,8,13,16-17H,5H2,1H3/b7-4-. The zero-order chi connectivity index (χ0) is 14.0. The van der Waals surface area contributed by atoms with Gasteiger partial charge in [0.1, 0.15) is 0 Å². The van der Waals surface area contributed by atoms with Crippen molar-refractivity contribution in [2.75, 3.05) is 5.32 Å². The summed E-state index contributed by atoms with van der Waals surface area (Å²) in [7, 11) is 0. The zero-order valence-electron chi connectivity index (χ0n) is 10.2. The lowest BCUT2D eigenvalue weighted by Crippen LogP contribution is -2.25. The molecule has 1 fully saturated rings. The highest BCUT2D eigenvalue weighted by Gasteiger charge is 2.33. The molecule has 0 amide bonds. The van der Waals surface area contributed by atoms with Crippen molar-refractivity contribution >= 4 is 43.5 Å². The molecular weight excluding hydrogens is 378 g/mol. The summed E-state index contributed by atoms with van der Waals surface area (Å²) in [5.74, 6) is -0.258. The summed E-state index contributed by atoms with van der Waals surface area (Å²) in [6.45, 7) is 1.58. The predicted octanol–water partition coefficient (Wildman–Crippen LogP) is 3.97. The van der Waals surface area contributed by atoms with Crippen molar-refractivity contribution in [3.8, 4) is 0 Å². The Bertz CT molecular complexity index is 527. The van der Waals surface area contributed by atoms with Gasteiger partial charge in [-0.05, 0) is 47.1 Å². The number of cyclic esters (lactones) is 1. The lowest BCUT2D eigenvalue weighted by molar-refractivity contribution is -0.140. The maximum Gasteiger partial charge on any atom is 0.308 e. The van der Waals surface area contributed by atoms with Crippen LogP contribution >= 0.6 is 31.9 Å². The number of rotatable bonds is 3. The number of benzene rings is 1. The fraction of sp³-hybridized carbons (Fsp3) is 0.308. The van der Waals surface area contributed by atoms with Gasteiger partial charge in [0.2, 0.25) is 0 Å². The lowest BCUT2D eigenvalue weighted by Gasteiger charge is -2.18. The van der Waals surface area contributed by atoms with E-state index in [0.717, 1.165) is 14.6 Å². The van der Waals surface area contributed by atoms with Gasteiger partial charge < -0.3 is 15.2 Å². The number of halogens is 2. The fourth-order valence-corrected chi connectivity index (χ4v) is 3.09. The molecule has 2 atom stereocenters. The third-order valence-electron chi connectivity index (χ3n) is 2.73. The van der Waals surface area contributed by atoms with E-state index in [1.54, 1.807) is 13.0 Å². The highest BCUT2D eigenvalue weighted by atomic mass is 79.9. The molecule has 0 saturated carbocycles. The Morgan fingerprint density at radius 3 is 2.89 bits per heavy atom. The summed E-state index contributed by atoms with van der Waals surface area (Å²) in [5, 5.41) is 12.5. The number of esters is 1. The molecule has 2 rings (SSSR count). The Labute approximate surface area is 128 Å². The second-order valence-electron chi connectivity index (χ2n) is 4.35. The molecule has 102 valence electrons.